The number of hydrogen-bond acceptors (Lipinski definition) is 2. The van der Waals surface area contributed by atoms with Gasteiger partial charge in [0.2, 0.25) is 0 Å². The maximum atomic E-state index is 5.75. The number of nitrogens with one attached hydrogen (secondary N) is 1. The van der Waals surface area contributed by atoms with E-state index in [1.54, 1.807) is 0 Å². The largest absolute Gasteiger partial charge is 0.371 e. The van der Waals surface area contributed by atoms with Gasteiger partial charge in [-0.1, -0.05) is 29.8 Å². The van der Waals surface area contributed by atoms with Gasteiger partial charge in [0, 0.05) is 12.6 Å². The fourth-order valence-corrected chi connectivity index (χ4v) is 1.68. The molecule has 0 radical (unpaired) electrons. The average Bonchev–Trinajstić information content (AvgIpc) is 2.21. The maximum Gasteiger partial charge on any atom is 0.0950 e. The third kappa shape index (κ3) is 2.14. The number of hydrogen-bond donors (Lipinski definition) is 1. The number of morpholine rings is 1. The van der Waals surface area contributed by atoms with E-state index in [-0.39, 0.29) is 6.10 Å². The molecule has 1 fully saturated rings. The summed E-state index contributed by atoms with van der Waals surface area (Å²) in [4.78, 5) is 0. The van der Waals surface area contributed by atoms with E-state index in [1.165, 1.54) is 11.1 Å². The summed E-state index contributed by atoms with van der Waals surface area (Å²) in [6.07, 6.45) is 0.229. The Kier molecular flexibility index (Phi) is 2.85. The summed E-state index contributed by atoms with van der Waals surface area (Å²) in [5, 5.41) is 3.42. The Bertz CT molecular complexity index is 286. The van der Waals surface area contributed by atoms with Crippen LogP contribution < -0.4 is 5.32 Å². The fourth-order valence-electron chi connectivity index (χ4n) is 1.68. The minimum absolute atomic E-state index is 0.229. The van der Waals surface area contributed by atoms with Crippen LogP contribution in [0.15, 0.2) is 24.3 Å². The standard InChI is InChI=1S/C12H17NO/c1-9-3-5-11(6-4-9)12-7-13-10(2)8-14-12/h3-6,10,12-13H,7-8H2,1-2H3/t10-,12?/m1/s1. The maximum absolute atomic E-state index is 5.75. The molecule has 14 heavy (non-hydrogen) atoms. The van der Waals surface area contributed by atoms with Gasteiger partial charge >= 0.3 is 0 Å². The van der Waals surface area contributed by atoms with Crippen molar-refractivity contribution < 1.29 is 4.74 Å². The first kappa shape index (κ1) is 9.69. The van der Waals surface area contributed by atoms with Crippen LogP contribution in [-0.4, -0.2) is 19.2 Å². The normalized spacial score (nSPS) is 27.6. The molecule has 0 aliphatic carbocycles. The van der Waals surface area contributed by atoms with Gasteiger partial charge in [0.1, 0.15) is 0 Å². The van der Waals surface area contributed by atoms with Crippen molar-refractivity contribution in [1.82, 2.24) is 5.32 Å². The molecule has 1 aromatic rings. The Morgan fingerprint density at radius 2 is 2.00 bits per heavy atom. The second-order valence-corrected chi connectivity index (χ2v) is 4.04. The van der Waals surface area contributed by atoms with E-state index in [9.17, 15) is 0 Å². The Morgan fingerprint density at radius 1 is 1.29 bits per heavy atom. The topological polar surface area (TPSA) is 21.3 Å². The van der Waals surface area contributed by atoms with Gasteiger partial charge in [0.25, 0.3) is 0 Å². The second-order valence-electron chi connectivity index (χ2n) is 4.04. The highest BCUT2D eigenvalue weighted by molar-refractivity contribution is 5.23. The van der Waals surface area contributed by atoms with Crippen molar-refractivity contribution in [3.8, 4) is 0 Å². The van der Waals surface area contributed by atoms with Crippen molar-refractivity contribution in [3.05, 3.63) is 35.4 Å². The zero-order valence-electron chi connectivity index (χ0n) is 8.79. The van der Waals surface area contributed by atoms with E-state index in [4.69, 9.17) is 4.74 Å². The van der Waals surface area contributed by atoms with E-state index < -0.39 is 0 Å². The summed E-state index contributed by atoms with van der Waals surface area (Å²) >= 11 is 0. The van der Waals surface area contributed by atoms with Crippen LogP contribution in [0.4, 0.5) is 0 Å². The van der Waals surface area contributed by atoms with Crippen molar-refractivity contribution in [2.75, 3.05) is 13.2 Å². The predicted octanol–water partition coefficient (Wildman–Crippen LogP) is 2.04. The summed E-state index contributed by atoms with van der Waals surface area (Å²) in [6, 6.07) is 9.06. The summed E-state index contributed by atoms with van der Waals surface area (Å²) in [7, 11) is 0. The molecule has 2 rings (SSSR count). The fraction of sp³-hybridized carbons (Fsp3) is 0.500. The van der Waals surface area contributed by atoms with Crippen LogP contribution in [0.1, 0.15) is 24.2 Å². The van der Waals surface area contributed by atoms with Crippen LogP contribution >= 0.6 is 0 Å². The molecule has 1 unspecified atom stereocenters. The Balaban J connectivity index is 2.05. The molecule has 0 spiro atoms. The zero-order chi connectivity index (χ0) is 9.97. The van der Waals surface area contributed by atoms with Crippen molar-refractivity contribution in [3.63, 3.8) is 0 Å². The SMILES string of the molecule is Cc1ccc(C2CN[C@H](C)CO2)cc1. The molecule has 76 valence electrons. The summed E-state index contributed by atoms with van der Waals surface area (Å²) in [6.45, 7) is 5.97. The molecular formula is C12H17NO. The van der Waals surface area contributed by atoms with Crippen LogP contribution in [0, 0.1) is 6.92 Å². The molecule has 1 aromatic carbocycles. The Hall–Kier alpha value is -0.860. The zero-order valence-corrected chi connectivity index (χ0v) is 8.79. The summed E-state index contributed by atoms with van der Waals surface area (Å²) < 4.78 is 5.75. The average molecular weight is 191 g/mol. The number of aryl methyl sites for hydroxylation is 1. The molecule has 2 atom stereocenters. The molecule has 1 aliphatic heterocycles. The van der Waals surface area contributed by atoms with Crippen LogP contribution in [0.25, 0.3) is 0 Å². The van der Waals surface area contributed by atoms with Gasteiger partial charge in [-0.25, -0.2) is 0 Å². The van der Waals surface area contributed by atoms with Crippen molar-refractivity contribution in [2.24, 2.45) is 0 Å². The molecular weight excluding hydrogens is 174 g/mol. The number of rotatable bonds is 1. The molecule has 1 heterocycles. The first-order valence-corrected chi connectivity index (χ1v) is 5.17. The lowest BCUT2D eigenvalue weighted by atomic mass is 10.1. The van der Waals surface area contributed by atoms with Gasteiger partial charge in [0.15, 0.2) is 0 Å². The third-order valence-corrected chi connectivity index (χ3v) is 2.65. The lowest BCUT2D eigenvalue weighted by Gasteiger charge is -2.28. The van der Waals surface area contributed by atoms with Gasteiger partial charge in [-0.05, 0) is 19.4 Å². The van der Waals surface area contributed by atoms with Crippen LogP contribution in [0.3, 0.4) is 0 Å². The lowest BCUT2D eigenvalue weighted by molar-refractivity contribution is 0.00695. The molecule has 0 amide bonds. The molecule has 1 saturated heterocycles. The molecule has 1 N–H and O–H groups in total. The molecule has 2 nitrogen and oxygen atoms in total. The number of ether oxygens (including phenoxy) is 1. The van der Waals surface area contributed by atoms with Crippen LogP contribution in [0.2, 0.25) is 0 Å². The number of benzene rings is 1. The predicted molar refractivity (Wildman–Crippen MR) is 57.3 cm³/mol. The van der Waals surface area contributed by atoms with Gasteiger partial charge in [-0.3, -0.25) is 0 Å². The Morgan fingerprint density at radius 3 is 2.57 bits per heavy atom. The van der Waals surface area contributed by atoms with E-state index in [1.807, 2.05) is 0 Å². The van der Waals surface area contributed by atoms with E-state index >= 15 is 0 Å². The smallest absolute Gasteiger partial charge is 0.0950 e. The van der Waals surface area contributed by atoms with E-state index in [0.29, 0.717) is 6.04 Å². The minimum atomic E-state index is 0.229. The molecule has 1 aliphatic rings. The highest BCUT2D eigenvalue weighted by Crippen LogP contribution is 2.20. The molecule has 2 heteroatoms. The molecule has 0 aromatic heterocycles. The van der Waals surface area contributed by atoms with Gasteiger partial charge in [0.05, 0.1) is 12.7 Å². The highest BCUT2D eigenvalue weighted by atomic mass is 16.5. The third-order valence-electron chi connectivity index (χ3n) is 2.65. The highest BCUT2D eigenvalue weighted by Gasteiger charge is 2.18. The van der Waals surface area contributed by atoms with E-state index in [0.717, 1.165) is 13.2 Å². The van der Waals surface area contributed by atoms with Crippen LogP contribution in [-0.2, 0) is 4.74 Å². The minimum Gasteiger partial charge on any atom is -0.371 e. The van der Waals surface area contributed by atoms with Gasteiger partial charge < -0.3 is 10.1 Å². The first-order chi connectivity index (χ1) is 6.75. The lowest BCUT2D eigenvalue weighted by Crippen LogP contribution is -2.40. The molecule has 0 bridgehead atoms. The monoisotopic (exact) mass is 191 g/mol. The van der Waals surface area contributed by atoms with Gasteiger partial charge in [-0.15, -0.1) is 0 Å². The molecule has 0 saturated carbocycles. The second kappa shape index (κ2) is 4.11. The van der Waals surface area contributed by atoms with Crippen molar-refractivity contribution in [1.29, 1.82) is 0 Å². The van der Waals surface area contributed by atoms with Crippen molar-refractivity contribution >= 4 is 0 Å². The van der Waals surface area contributed by atoms with Gasteiger partial charge in [-0.2, -0.15) is 0 Å². The Labute approximate surface area is 85.3 Å². The van der Waals surface area contributed by atoms with E-state index in [2.05, 4.69) is 43.4 Å². The van der Waals surface area contributed by atoms with Crippen molar-refractivity contribution in [2.45, 2.75) is 26.0 Å². The summed E-state index contributed by atoms with van der Waals surface area (Å²) in [5.74, 6) is 0. The van der Waals surface area contributed by atoms with Crippen LogP contribution in [0.5, 0.6) is 0 Å². The quantitative estimate of drug-likeness (QED) is 0.733. The summed E-state index contributed by atoms with van der Waals surface area (Å²) in [5.41, 5.74) is 2.57. The first-order valence-electron chi connectivity index (χ1n) is 5.17.